The second-order valence-electron chi connectivity index (χ2n) is 5.32. The Morgan fingerprint density at radius 1 is 1.41 bits per heavy atom. The fourth-order valence-electron chi connectivity index (χ4n) is 1.66. The normalized spacial score (nSPS) is 21.9. The van der Waals surface area contributed by atoms with Crippen LogP contribution in [0.3, 0.4) is 0 Å². The highest BCUT2D eigenvalue weighted by Crippen LogP contribution is 2.19. The predicted molar refractivity (Wildman–Crippen MR) is 61.8 cm³/mol. The summed E-state index contributed by atoms with van der Waals surface area (Å²) >= 11 is 0. The van der Waals surface area contributed by atoms with Gasteiger partial charge < -0.3 is 20.5 Å². The first kappa shape index (κ1) is 13.8. The molecule has 0 spiro atoms. The van der Waals surface area contributed by atoms with E-state index in [2.05, 4.69) is 10.6 Å². The standard InChI is InChI=1S/C11H20N2O4/c1-11(2,3)8(9(14)15)13-10(16)12-7-4-5-17-6-7/h7-8H,4-6H2,1-3H3,(H,14,15)(H2,12,13,16). The molecule has 1 aliphatic rings. The number of carbonyl (C=O) groups is 2. The van der Waals surface area contributed by atoms with E-state index in [0.29, 0.717) is 13.2 Å². The lowest BCUT2D eigenvalue weighted by Gasteiger charge is -2.28. The Bertz CT molecular complexity index is 292. The van der Waals surface area contributed by atoms with Gasteiger partial charge in [-0.3, -0.25) is 0 Å². The fourth-order valence-corrected chi connectivity index (χ4v) is 1.66. The highest BCUT2D eigenvalue weighted by molar-refractivity contribution is 5.83. The number of hydrogen-bond donors (Lipinski definition) is 3. The average molecular weight is 244 g/mol. The first-order valence-corrected chi connectivity index (χ1v) is 5.68. The molecule has 0 aliphatic carbocycles. The maximum Gasteiger partial charge on any atom is 0.326 e. The van der Waals surface area contributed by atoms with Crippen LogP contribution in [0.5, 0.6) is 0 Å². The summed E-state index contributed by atoms with van der Waals surface area (Å²) in [6.45, 7) is 6.42. The van der Waals surface area contributed by atoms with E-state index in [1.165, 1.54) is 0 Å². The van der Waals surface area contributed by atoms with E-state index in [1.807, 2.05) is 0 Å². The van der Waals surface area contributed by atoms with E-state index in [0.717, 1.165) is 6.42 Å². The molecular formula is C11H20N2O4. The zero-order valence-electron chi connectivity index (χ0n) is 10.4. The molecule has 0 bridgehead atoms. The quantitative estimate of drug-likeness (QED) is 0.677. The van der Waals surface area contributed by atoms with Crippen molar-refractivity contribution < 1.29 is 19.4 Å². The predicted octanol–water partition coefficient (Wildman–Crippen LogP) is 0.574. The van der Waals surface area contributed by atoms with Gasteiger partial charge in [-0.2, -0.15) is 0 Å². The molecule has 2 unspecified atom stereocenters. The Morgan fingerprint density at radius 3 is 2.47 bits per heavy atom. The molecule has 17 heavy (non-hydrogen) atoms. The molecular weight excluding hydrogens is 224 g/mol. The molecule has 0 aromatic carbocycles. The van der Waals surface area contributed by atoms with Gasteiger partial charge in [0.15, 0.2) is 0 Å². The molecule has 6 heteroatoms. The Kier molecular flexibility index (Phi) is 4.34. The van der Waals surface area contributed by atoms with Crippen molar-refractivity contribution in [1.29, 1.82) is 0 Å². The first-order valence-electron chi connectivity index (χ1n) is 5.68. The highest BCUT2D eigenvalue weighted by atomic mass is 16.5. The van der Waals surface area contributed by atoms with Gasteiger partial charge in [-0.05, 0) is 11.8 Å². The van der Waals surface area contributed by atoms with E-state index < -0.39 is 23.5 Å². The number of hydrogen-bond acceptors (Lipinski definition) is 3. The van der Waals surface area contributed by atoms with Crippen molar-refractivity contribution in [2.24, 2.45) is 5.41 Å². The second kappa shape index (κ2) is 5.35. The zero-order chi connectivity index (χ0) is 13.1. The number of urea groups is 1. The minimum atomic E-state index is -1.03. The number of nitrogens with one attached hydrogen (secondary N) is 2. The van der Waals surface area contributed by atoms with Crippen LogP contribution < -0.4 is 10.6 Å². The van der Waals surface area contributed by atoms with Crippen LogP contribution in [0.15, 0.2) is 0 Å². The molecule has 2 amide bonds. The van der Waals surface area contributed by atoms with E-state index in [4.69, 9.17) is 9.84 Å². The monoisotopic (exact) mass is 244 g/mol. The van der Waals surface area contributed by atoms with Gasteiger partial charge in [-0.1, -0.05) is 20.8 Å². The minimum absolute atomic E-state index is 0.0237. The largest absolute Gasteiger partial charge is 0.480 e. The van der Waals surface area contributed by atoms with E-state index >= 15 is 0 Å². The molecule has 1 rings (SSSR count). The minimum Gasteiger partial charge on any atom is -0.480 e. The van der Waals surface area contributed by atoms with Gasteiger partial charge in [0.25, 0.3) is 0 Å². The molecule has 3 N–H and O–H groups in total. The summed E-state index contributed by atoms with van der Waals surface area (Å²) in [5.74, 6) is -1.03. The Balaban J connectivity index is 2.49. The van der Waals surface area contributed by atoms with Crippen molar-refractivity contribution in [3.05, 3.63) is 0 Å². The summed E-state index contributed by atoms with van der Waals surface area (Å²) in [7, 11) is 0. The average Bonchev–Trinajstić information content (AvgIpc) is 2.64. The molecule has 0 radical (unpaired) electrons. The van der Waals surface area contributed by atoms with Gasteiger partial charge in [0.05, 0.1) is 12.6 Å². The van der Waals surface area contributed by atoms with Crippen molar-refractivity contribution in [2.75, 3.05) is 13.2 Å². The number of ether oxygens (including phenoxy) is 1. The number of carboxylic acid groups (broad SMARTS) is 1. The molecule has 98 valence electrons. The number of aliphatic carboxylic acids is 1. The van der Waals surface area contributed by atoms with Crippen LogP contribution in [-0.4, -0.2) is 42.4 Å². The number of rotatable bonds is 3. The Labute approximate surface area is 101 Å². The van der Waals surface area contributed by atoms with E-state index in [1.54, 1.807) is 20.8 Å². The van der Waals surface area contributed by atoms with Crippen LogP contribution in [0.4, 0.5) is 4.79 Å². The van der Waals surface area contributed by atoms with Gasteiger partial charge >= 0.3 is 12.0 Å². The third kappa shape index (κ3) is 4.22. The van der Waals surface area contributed by atoms with Crippen molar-refractivity contribution in [3.8, 4) is 0 Å². The Hall–Kier alpha value is -1.30. The third-order valence-electron chi connectivity index (χ3n) is 2.65. The summed E-state index contributed by atoms with van der Waals surface area (Å²) in [5, 5.41) is 14.2. The summed E-state index contributed by atoms with van der Waals surface area (Å²) in [6, 6.07) is -1.39. The summed E-state index contributed by atoms with van der Waals surface area (Å²) < 4.78 is 5.12. The van der Waals surface area contributed by atoms with Crippen LogP contribution in [0.25, 0.3) is 0 Å². The SMILES string of the molecule is CC(C)(C)C(NC(=O)NC1CCOC1)C(=O)O. The molecule has 1 fully saturated rings. The van der Waals surface area contributed by atoms with Crippen molar-refractivity contribution in [3.63, 3.8) is 0 Å². The molecule has 1 heterocycles. The first-order chi connectivity index (χ1) is 7.80. The molecule has 0 aromatic rings. The Morgan fingerprint density at radius 2 is 2.06 bits per heavy atom. The molecule has 2 atom stereocenters. The second-order valence-corrected chi connectivity index (χ2v) is 5.32. The van der Waals surface area contributed by atoms with Crippen LogP contribution in [0.2, 0.25) is 0 Å². The maximum atomic E-state index is 11.6. The lowest BCUT2D eigenvalue weighted by atomic mass is 9.87. The van der Waals surface area contributed by atoms with Crippen molar-refractivity contribution in [1.82, 2.24) is 10.6 Å². The zero-order valence-corrected chi connectivity index (χ0v) is 10.4. The summed E-state index contributed by atoms with van der Waals surface area (Å²) in [6.07, 6.45) is 0.765. The van der Waals surface area contributed by atoms with Crippen molar-refractivity contribution >= 4 is 12.0 Å². The number of carbonyl (C=O) groups excluding carboxylic acids is 1. The highest BCUT2D eigenvalue weighted by Gasteiger charge is 2.33. The van der Waals surface area contributed by atoms with Gasteiger partial charge in [-0.25, -0.2) is 9.59 Å². The van der Waals surface area contributed by atoms with Crippen LogP contribution in [0, 0.1) is 5.41 Å². The smallest absolute Gasteiger partial charge is 0.326 e. The van der Waals surface area contributed by atoms with Gasteiger partial charge in [0.1, 0.15) is 6.04 Å². The van der Waals surface area contributed by atoms with Crippen LogP contribution in [0.1, 0.15) is 27.2 Å². The van der Waals surface area contributed by atoms with E-state index in [9.17, 15) is 9.59 Å². The topological polar surface area (TPSA) is 87.7 Å². The summed E-state index contributed by atoms with van der Waals surface area (Å²) in [5.41, 5.74) is -0.532. The van der Waals surface area contributed by atoms with Gasteiger partial charge in [-0.15, -0.1) is 0 Å². The molecule has 0 saturated carbocycles. The summed E-state index contributed by atoms with van der Waals surface area (Å²) in [4.78, 5) is 22.7. The molecule has 0 aromatic heterocycles. The molecule has 6 nitrogen and oxygen atoms in total. The number of amides is 2. The van der Waals surface area contributed by atoms with Crippen LogP contribution in [-0.2, 0) is 9.53 Å². The number of carboxylic acids is 1. The molecule has 1 aliphatic heterocycles. The van der Waals surface area contributed by atoms with Crippen LogP contribution >= 0.6 is 0 Å². The van der Waals surface area contributed by atoms with Gasteiger partial charge in [0.2, 0.25) is 0 Å². The lowest BCUT2D eigenvalue weighted by Crippen LogP contribution is -2.54. The molecule has 1 saturated heterocycles. The fraction of sp³-hybridized carbons (Fsp3) is 0.818. The maximum absolute atomic E-state index is 11.6. The van der Waals surface area contributed by atoms with Gasteiger partial charge in [0, 0.05) is 6.61 Å². The van der Waals surface area contributed by atoms with Crippen molar-refractivity contribution in [2.45, 2.75) is 39.3 Å². The lowest BCUT2D eigenvalue weighted by molar-refractivity contribution is -0.141. The third-order valence-corrected chi connectivity index (χ3v) is 2.65. The van der Waals surface area contributed by atoms with E-state index in [-0.39, 0.29) is 6.04 Å².